The molecule has 14 nitrogen and oxygen atoms in total. The van der Waals surface area contributed by atoms with Gasteiger partial charge in [-0.15, -0.1) is 11.8 Å². The molecule has 0 aliphatic heterocycles. The van der Waals surface area contributed by atoms with Crippen LogP contribution in [0.3, 0.4) is 0 Å². The predicted octanol–water partition coefficient (Wildman–Crippen LogP) is 15.1. The summed E-state index contributed by atoms with van der Waals surface area (Å²) in [5.74, 6) is 5.38. The number of hydrogen-bond acceptors (Lipinski definition) is 11. The van der Waals surface area contributed by atoms with Crippen LogP contribution in [0.1, 0.15) is 279 Å². The molecule has 18 heteroatoms. The Labute approximate surface area is 586 Å². The Morgan fingerprint density at radius 1 is 0.476 bits per heavy atom. The van der Waals surface area contributed by atoms with Crippen molar-refractivity contribution in [3.63, 3.8) is 0 Å². The van der Waals surface area contributed by atoms with Gasteiger partial charge in [0.1, 0.15) is 5.78 Å². The average Bonchev–Trinajstić information content (AvgIpc) is 4.38. The molecule has 0 fully saturated rings. The van der Waals surface area contributed by atoms with Crippen LogP contribution in [0.25, 0.3) is 0 Å². The van der Waals surface area contributed by atoms with Crippen LogP contribution in [0.2, 0.25) is 0 Å². The van der Waals surface area contributed by atoms with Gasteiger partial charge in [0, 0.05) is 153 Å². The van der Waals surface area contributed by atoms with Gasteiger partial charge in [-0.2, -0.15) is 0 Å². The molecule has 3 rings (SSSR count). The predicted molar refractivity (Wildman–Crippen MR) is 320 cm³/mol. The fourth-order valence-electron chi connectivity index (χ4n) is 8.64. The molecule has 3 aliphatic carbocycles. The number of carbonyl (C=O) groups is 7. The number of ether oxygens (including phenoxy) is 4. The summed E-state index contributed by atoms with van der Waals surface area (Å²) in [6, 6.07) is 0. The first-order valence-electron chi connectivity index (χ1n) is 29.7. The molecule has 0 saturated heterocycles. The standard InChI is InChI=1S/C19H34O2.C14H21ClO3.C14H22O4.C13H22O2.C4H8O.2Ac.2H2O.Rh/c1-3-4-5-6-7-8-9-10-11-12-13-14-15-16-17-18-19(20)21-2;1-10-11(13(10)14(15)17)8-6-4-3-5-7-9-12(16)18-2;1-10-11(13(10)14(16)17)8-6-4-3-5-7-9-12(15)18-2;1-11-10-12(11)8-6-4-3-5-7-9-13(14)15-2;1-3-4(2)5;;;;;/h3-9,12-18H2,1-2H3;13H,3-9H2,1-2H3;13H,3-9H2,1-2H3,(H,16,17);3-10H2,1-2H3;3H2,1-2H3;;;2*1H2;. The molecule has 0 heterocycles. The van der Waals surface area contributed by atoms with Gasteiger partial charge in [-0.05, 0) is 123 Å². The monoisotopic (exact) mass is 1700 g/mol. The summed E-state index contributed by atoms with van der Waals surface area (Å²) in [6.45, 7) is 11.8. The molecule has 0 saturated carbocycles. The molecule has 0 bridgehead atoms. The van der Waals surface area contributed by atoms with Crippen molar-refractivity contribution in [2.24, 2.45) is 11.8 Å². The van der Waals surface area contributed by atoms with E-state index < -0.39 is 5.97 Å². The minimum Gasteiger partial charge on any atom is -0.481 e. The van der Waals surface area contributed by atoms with Gasteiger partial charge in [-0.25, -0.2) is 0 Å². The van der Waals surface area contributed by atoms with Crippen LogP contribution in [0, 0.1) is 112 Å². The normalized spacial score (nSPS) is 13.5. The van der Waals surface area contributed by atoms with Gasteiger partial charge in [0.2, 0.25) is 5.24 Å². The van der Waals surface area contributed by atoms with Crippen LogP contribution in [-0.4, -0.2) is 85.4 Å². The van der Waals surface area contributed by atoms with E-state index in [2.05, 4.69) is 44.6 Å². The van der Waals surface area contributed by atoms with E-state index in [0.29, 0.717) is 32.1 Å². The summed E-state index contributed by atoms with van der Waals surface area (Å²) in [4.78, 5) is 75.0. The van der Waals surface area contributed by atoms with E-state index >= 15 is 0 Å². The van der Waals surface area contributed by atoms with E-state index in [1.165, 1.54) is 129 Å². The molecule has 0 spiro atoms. The molecule has 0 amide bonds. The number of carboxylic acid groups (broad SMARTS) is 1. The van der Waals surface area contributed by atoms with Gasteiger partial charge >= 0.3 is 29.8 Å². The smallest absolute Gasteiger partial charge is 0.314 e. The fourth-order valence-corrected chi connectivity index (χ4v) is 8.94. The second kappa shape index (κ2) is 66.1. The molecule has 2 unspecified atom stereocenters. The Morgan fingerprint density at radius 2 is 0.744 bits per heavy atom. The molecule has 0 aromatic heterocycles. The zero-order valence-corrected chi connectivity index (χ0v) is 64.5. The van der Waals surface area contributed by atoms with E-state index in [4.69, 9.17) is 16.7 Å². The Bertz CT molecular complexity index is 1790. The van der Waals surface area contributed by atoms with Gasteiger partial charge in [0.25, 0.3) is 0 Å². The fraction of sp³-hybridized carbons (Fsp3) is 0.766. The van der Waals surface area contributed by atoms with E-state index in [-0.39, 0.29) is 165 Å². The summed E-state index contributed by atoms with van der Waals surface area (Å²) >= 11 is 5.47. The first-order chi connectivity index (χ1) is 37.0. The molecule has 3 radical (unpaired) electrons. The van der Waals surface area contributed by atoms with Gasteiger partial charge < -0.3 is 39.8 Å². The largest absolute Gasteiger partial charge is 0.481 e. The molecule has 473 valence electrons. The third-order valence-corrected chi connectivity index (χ3v) is 14.4. The molecule has 5 N–H and O–H groups in total. The van der Waals surface area contributed by atoms with Crippen molar-refractivity contribution in [1.29, 1.82) is 0 Å². The number of Topliss-reactive ketones (excluding diaryl/α,β-unsaturated/α-hetero) is 1. The van der Waals surface area contributed by atoms with Crippen molar-refractivity contribution in [3.8, 4) is 11.8 Å². The SMILES string of the molecule is CCC(C)=O.CCCCCCCCC#CCCCCCCCC(=O)OC.COC(=O)CCCCCCCC1=C(C)C1.COC(=O)CCCCCCCC1=C(C)C1C(=O)Cl.COC(=O)CCCCCCCC1=C(C)C1C(=O)O.O.O.[Ac].[Ac].[Rh]. The summed E-state index contributed by atoms with van der Waals surface area (Å²) < 4.78 is 18.3. The number of carboxylic acids is 1. The second-order valence-corrected chi connectivity index (χ2v) is 21.2. The number of aliphatic carboxylic acids is 1. The number of allylic oxidation sites excluding steroid dienone is 4. The summed E-state index contributed by atoms with van der Waals surface area (Å²) in [5.41, 5.74) is 7.88. The van der Waals surface area contributed by atoms with Crippen LogP contribution in [0.4, 0.5) is 0 Å². The Hall–Kier alpha value is -0.814. The molecule has 82 heavy (non-hydrogen) atoms. The average molecular weight is 1700 g/mol. The zero-order valence-electron chi connectivity index (χ0n) is 52.6. The quantitative estimate of drug-likeness (QED) is 0.0115. The van der Waals surface area contributed by atoms with Crippen LogP contribution in [0.15, 0.2) is 33.4 Å². The Kier molecular flexibility index (Phi) is 76.5. The van der Waals surface area contributed by atoms with E-state index in [1.54, 1.807) is 18.1 Å². The molecule has 0 aromatic carbocycles. The Morgan fingerprint density at radius 3 is 1.00 bits per heavy atom. The first kappa shape index (κ1) is 94.8. The second-order valence-electron chi connectivity index (χ2n) is 20.8. The van der Waals surface area contributed by atoms with Gasteiger partial charge in [0.05, 0.1) is 40.3 Å². The molecule has 0 aromatic rings. The van der Waals surface area contributed by atoms with E-state index in [9.17, 15) is 33.6 Å². The maximum absolute atomic E-state index is 11.0. The molecule has 2 atom stereocenters. The van der Waals surface area contributed by atoms with Crippen molar-refractivity contribution < 1.29 is 176 Å². The van der Waals surface area contributed by atoms with Crippen molar-refractivity contribution >= 4 is 52.5 Å². The summed E-state index contributed by atoms with van der Waals surface area (Å²) in [6.07, 6.45) is 39.8. The number of methoxy groups -OCH3 is 4. The van der Waals surface area contributed by atoms with Crippen LogP contribution >= 0.6 is 11.6 Å². The van der Waals surface area contributed by atoms with Crippen LogP contribution in [-0.2, 0) is 72.0 Å². The number of ketones is 1. The number of esters is 4. The van der Waals surface area contributed by atoms with Crippen molar-refractivity contribution in [2.45, 2.75) is 279 Å². The summed E-state index contributed by atoms with van der Waals surface area (Å²) in [5, 5.41) is 8.62. The van der Waals surface area contributed by atoms with Gasteiger partial charge in [-0.3, -0.25) is 28.8 Å². The van der Waals surface area contributed by atoms with Crippen molar-refractivity contribution in [2.75, 3.05) is 28.4 Å². The van der Waals surface area contributed by atoms with Gasteiger partial charge in [-0.1, -0.05) is 156 Å². The van der Waals surface area contributed by atoms with Gasteiger partial charge in [0.15, 0.2) is 0 Å². The maximum atomic E-state index is 11.0. The molecular weight excluding hydrogens is 1590 g/mol. The third kappa shape index (κ3) is 59.5. The van der Waals surface area contributed by atoms with Crippen LogP contribution in [0.5, 0.6) is 0 Å². The number of rotatable bonds is 40. The minimum absolute atomic E-state index is 0. The molecular formula is C64H111Ac2ClO14Rh. The molecule has 3 aliphatic rings. The van der Waals surface area contributed by atoms with E-state index in [1.807, 2.05) is 20.8 Å². The maximum Gasteiger partial charge on any atom is 0.314 e. The number of carbonyl (C=O) groups excluding carboxylic acids is 6. The van der Waals surface area contributed by atoms with Crippen molar-refractivity contribution in [1.82, 2.24) is 0 Å². The number of halogens is 1. The van der Waals surface area contributed by atoms with Crippen molar-refractivity contribution in [3.05, 3.63) is 33.4 Å². The zero-order chi connectivity index (χ0) is 58.1. The third-order valence-electron chi connectivity index (χ3n) is 14.2. The van der Waals surface area contributed by atoms with Crippen LogP contribution < -0.4 is 0 Å². The number of hydrogen-bond donors (Lipinski definition) is 1. The Balaban J connectivity index is -0.000000175. The summed E-state index contributed by atoms with van der Waals surface area (Å²) in [7, 11) is 5.73. The minimum atomic E-state index is -0.708. The number of unbranched alkanes of at least 4 members (excludes halogenated alkanes) is 23. The topological polar surface area (TPSA) is 240 Å². The first-order valence-corrected chi connectivity index (χ1v) is 30.1. The van der Waals surface area contributed by atoms with E-state index in [0.717, 1.165) is 127 Å².